The van der Waals surface area contributed by atoms with Gasteiger partial charge in [-0.05, 0) is 12.8 Å². The molecule has 3 nitrogen and oxygen atoms in total. The van der Waals surface area contributed by atoms with Gasteiger partial charge in [-0.3, -0.25) is 4.79 Å². The zero-order valence-corrected chi connectivity index (χ0v) is 9.96. The summed E-state index contributed by atoms with van der Waals surface area (Å²) >= 11 is 0. The fraction of sp³-hybridized carbons (Fsp3) is 0.750. The third kappa shape index (κ3) is 7.14. The maximum Gasteiger partial charge on any atom is 0.223 e. The number of nitrogens with two attached hydrogens (primary N) is 1. The molecule has 0 spiro atoms. The van der Waals surface area contributed by atoms with Crippen molar-refractivity contribution in [2.75, 3.05) is 13.1 Å². The smallest absolute Gasteiger partial charge is 0.223 e. The van der Waals surface area contributed by atoms with Gasteiger partial charge in [0.1, 0.15) is 0 Å². The molecule has 0 saturated heterocycles. The van der Waals surface area contributed by atoms with Crippen LogP contribution in [0.25, 0.3) is 0 Å². The highest BCUT2D eigenvalue weighted by Gasteiger charge is 2.14. The van der Waals surface area contributed by atoms with Crippen molar-refractivity contribution in [3.05, 3.63) is 12.2 Å². The lowest BCUT2D eigenvalue weighted by atomic mass is 9.97. The second-order valence-corrected chi connectivity index (χ2v) is 3.73. The van der Waals surface area contributed by atoms with Crippen molar-refractivity contribution >= 4 is 5.91 Å². The molecule has 0 radical (unpaired) electrons. The number of hydrogen-bond acceptors (Lipinski definition) is 2. The number of rotatable bonds is 8. The fourth-order valence-electron chi connectivity index (χ4n) is 1.59. The van der Waals surface area contributed by atoms with E-state index in [0.29, 0.717) is 13.1 Å². The molecule has 3 heteroatoms. The third-order valence-electron chi connectivity index (χ3n) is 2.34. The Balaban J connectivity index is 3.85. The van der Waals surface area contributed by atoms with Crippen molar-refractivity contribution in [3.63, 3.8) is 0 Å². The highest BCUT2D eigenvalue weighted by atomic mass is 16.1. The van der Waals surface area contributed by atoms with E-state index in [9.17, 15) is 4.79 Å². The molecule has 0 bridgehead atoms. The molecule has 1 amide bonds. The number of nitrogens with one attached hydrogen (secondary N) is 1. The van der Waals surface area contributed by atoms with Crippen molar-refractivity contribution in [1.29, 1.82) is 0 Å². The molecule has 0 aromatic carbocycles. The van der Waals surface area contributed by atoms with Gasteiger partial charge in [-0.15, -0.1) is 0 Å². The average molecular weight is 212 g/mol. The van der Waals surface area contributed by atoms with Crippen molar-refractivity contribution in [3.8, 4) is 0 Å². The number of carbonyl (C=O) groups excluding carboxylic acids is 1. The predicted molar refractivity (Wildman–Crippen MR) is 64.5 cm³/mol. The first-order valence-electron chi connectivity index (χ1n) is 5.89. The van der Waals surface area contributed by atoms with Gasteiger partial charge in [0.2, 0.25) is 5.91 Å². The number of carbonyl (C=O) groups is 1. The molecular weight excluding hydrogens is 188 g/mol. The number of hydrogen-bond donors (Lipinski definition) is 2. The van der Waals surface area contributed by atoms with E-state index in [0.717, 1.165) is 25.7 Å². The Bertz CT molecular complexity index is 184. The zero-order valence-electron chi connectivity index (χ0n) is 9.96. The van der Waals surface area contributed by atoms with Crippen LogP contribution in [0.3, 0.4) is 0 Å². The minimum atomic E-state index is 0.181. The third-order valence-corrected chi connectivity index (χ3v) is 2.34. The normalized spacial score (nSPS) is 11.2. The predicted octanol–water partition coefficient (Wildman–Crippen LogP) is 1.83. The molecule has 0 aliphatic rings. The Morgan fingerprint density at radius 2 is 1.87 bits per heavy atom. The summed E-state index contributed by atoms with van der Waals surface area (Å²) in [5.41, 5.74) is 5.30. The molecule has 0 heterocycles. The largest absolute Gasteiger partial charge is 0.352 e. The van der Waals surface area contributed by atoms with Crippen LogP contribution in [0, 0.1) is 5.92 Å². The molecule has 0 aromatic rings. The summed E-state index contributed by atoms with van der Waals surface area (Å²) < 4.78 is 0. The van der Waals surface area contributed by atoms with Crippen LogP contribution in [0.4, 0.5) is 0 Å². The second kappa shape index (κ2) is 9.71. The van der Waals surface area contributed by atoms with E-state index in [1.54, 1.807) is 0 Å². The molecular formula is C12H24N2O. The maximum absolute atomic E-state index is 11.7. The maximum atomic E-state index is 11.7. The summed E-state index contributed by atoms with van der Waals surface area (Å²) in [6.07, 6.45) is 7.86. The van der Waals surface area contributed by atoms with Crippen LogP contribution in [-0.4, -0.2) is 19.0 Å². The standard InChI is InChI=1S/C12H24N2O/c1-3-7-11(8-4-2)12(15)14-10-6-5-9-13/h5-6,11H,3-4,7-10,13H2,1-2H3,(H,14,15)/b6-5+. The Hall–Kier alpha value is -0.830. The van der Waals surface area contributed by atoms with Crippen LogP contribution < -0.4 is 11.1 Å². The van der Waals surface area contributed by atoms with Gasteiger partial charge in [0.15, 0.2) is 0 Å². The van der Waals surface area contributed by atoms with Gasteiger partial charge in [-0.2, -0.15) is 0 Å². The van der Waals surface area contributed by atoms with Crippen LogP contribution in [0.5, 0.6) is 0 Å². The van der Waals surface area contributed by atoms with Gasteiger partial charge in [0, 0.05) is 19.0 Å². The topological polar surface area (TPSA) is 55.1 Å². The van der Waals surface area contributed by atoms with E-state index < -0.39 is 0 Å². The molecule has 0 aliphatic heterocycles. The van der Waals surface area contributed by atoms with Crippen LogP contribution in [-0.2, 0) is 4.79 Å². The minimum Gasteiger partial charge on any atom is -0.352 e. The van der Waals surface area contributed by atoms with Crippen molar-refractivity contribution in [1.82, 2.24) is 5.32 Å². The van der Waals surface area contributed by atoms with E-state index in [1.807, 2.05) is 12.2 Å². The highest BCUT2D eigenvalue weighted by Crippen LogP contribution is 2.13. The minimum absolute atomic E-state index is 0.181. The molecule has 0 fully saturated rings. The van der Waals surface area contributed by atoms with E-state index in [-0.39, 0.29) is 11.8 Å². The Morgan fingerprint density at radius 1 is 1.27 bits per heavy atom. The van der Waals surface area contributed by atoms with E-state index in [4.69, 9.17) is 5.73 Å². The highest BCUT2D eigenvalue weighted by molar-refractivity contribution is 5.78. The van der Waals surface area contributed by atoms with Crippen molar-refractivity contribution in [2.24, 2.45) is 11.7 Å². The Kier molecular flexibility index (Phi) is 9.18. The molecule has 3 N–H and O–H groups in total. The summed E-state index contributed by atoms with van der Waals surface area (Å²) in [5, 5.41) is 2.91. The SMILES string of the molecule is CCCC(CCC)C(=O)NC/C=C/CN. The van der Waals surface area contributed by atoms with Gasteiger partial charge in [-0.25, -0.2) is 0 Å². The summed E-state index contributed by atoms with van der Waals surface area (Å²) in [4.78, 5) is 11.7. The monoisotopic (exact) mass is 212 g/mol. The molecule has 0 aromatic heterocycles. The first-order chi connectivity index (χ1) is 7.26. The van der Waals surface area contributed by atoms with E-state index in [2.05, 4.69) is 19.2 Å². The molecule has 0 aliphatic carbocycles. The number of amides is 1. The van der Waals surface area contributed by atoms with Crippen molar-refractivity contribution in [2.45, 2.75) is 39.5 Å². The zero-order chi connectivity index (χ0) is 11.5. The summed E-state index contributed by atoms with van der Waals surface area (Å²) in [6.45, 7) is 5.36. The molecule has 0 unspecified atom stereocenters. The Labute approximate surface area is 93.1 Å². The summed E-state index contributed by atoms with van der Waals surface area (Å²) in [5.74, 6) is 0.367. The molecule has 88 valence electrons. The van der Waals surface area contributed by atoms with Gasteiger partial charge < -0.3 is 11.1 Å². The van der Waals surface area contributed by atoms with Crippen molar-refractivity contribution < 1.29 is 4.79 Å². The van der Waals surface area contributed by atoms with E-state index in [1.165, 1.54) is 0 Å². The summed E-state index contributed by atoms with van der Waals surface area (Å²) in [6, 6.07) is 0. The molecule has 0 rings (SSSR count). The van der Waals surface area contributed by atoms with Gasteiger partial charge >= 0.3 is 0 Å². The molecule has 0 atom stereocenters. The first kappa shape index (κ1) is 14.2. The average Bonchev–Trinajstić information content (AvgIpc) is 2.24. The summed E-state index contributed by atoms with van der Waals surface area (Å²) in [7, 11) is 0. The van der Waals surface area contributed by atoms with Gasteiger partial charge in [0.05, 0.1) is 0 Å². The molecule has 0 saturated carbocycles. The lowest BCUT2D eigenvalue weighted by Gasteiger charge is -2.14. The quantitative estimate of drug-likeness (QED) is 0.603. The van der Waals surface area contributed by atoms with Crippen LogP contribution in [0.15, 0.2) is 12.2 Å². The first-order valence-corrected chi connectivity index (χ1v) is 5.89. The van der Waals surface area contributed by atoms with Gasteiger partial charge in [-0.1, -0.05) is 38.8 Å². The van der Waals surface area contributed by atoms with Gasteiger partial charge in [0.25, 0.3) is 0 Å². The lowest BCUT2D eigenvalue weighted by molar-refractivity contribution is -0.125. The lowest BCUT2D eigenvalue weighted by Crippen LogP contribution is -2.30. The van der Waals surface area contributed by atoms with E-state index >= 15 is 0 Å². The van der Waals surface area contributed by atoms with Crippen LogP contribution in [0.1, 0.15) is 39.5 Å². The van der Waals surface area contributed by atoms with Crippen LogP contribution in [0.2, 0.25) is 0 Å². The second-order valence-electron chi connectivity index (χ2n) is 3.73. The van der Waals surface area contributed by atoms with Crippen LogP contribution >= 0.6 is 0 Å². The fourth-order valence-corrected chi connectivity index (χ4v) is 1.59. The Morgan fingerprint density at radius 3 is 2.33 bits per heavy atom. The molecule has 15 heavy (non-hydrogen) atoms.